The van der Waals surface area contributed by atoms with Crippen LogP contribution in [-0.4, -0.2) is 28.8 Å². The number of methoxy groups -OCH3 is 2. The molecule has 0 saturated heterocycles. The molecule has 8 rings (SSSR count). The van der Waals surface area contributed by atoms with Gasteiger partial charge in [-0.3, -0.25) is 9.36 Å². The SMILES string of the molecule is COc1ccc([C@@H]2C3=C(N=c4sc(=Cc5ccc(Sc6nc7ccccc7[nH]6)o5)c(=O)n42)c2ccccc2CC3)cc1OC. The van der Waals surface area contributed by atoms with Gasteiger partial charge in [-0.2, -0.15) is 0 Å². The molecule has 0 amide bonds. The monoisotopic (exact) mass is 618 g/mol. The van der Waals surface area contributed by atoms with Crippen LogP contribution in [0.2, 0.25) is 0 Å². The van der Waals surface area contributed by atoms with Gasteiger partial charge in [0.25, 0.3) is 5.56 Å². The summed E-state index contributed by atoms with van der Waals surface area (Å²) in [5.74, 6) is 1.85. The largest absolute Gasteiger partial charge is 0.493 e. The lowest BCUT2D eigenvalue weighted by Gasteiger charge is -2.31. The zero-order chi connectivity index (χ0) is 29.8. The molecule has 4 heterocycles. The minimum atomic E-state index is -0.327. The number of hydrogen-bond donors (Lipinski definition) is 1. The van der Waals surface area contributed by atoms with Crippen LogP contribution in [0.15, 0.2) is 109 Å². The fraction of sp³-hybridized carbons (Fsp3) is 0.147. The van der Waals surface area contributed by atoms with Crippen LogP contribution in [-0.2, 0) is 6.42 Å². The zero-order valence-electron chi connectivity index (χ0n) is 23.9. The topological polar surface area (TPSA) is 94.6 Å². The van der Waals surface area contributed by atoms with E-state index in [0.29, 0.717) is 31.7 Å². The van der Waals surface area contributed by atoms with Gasteiger partial charge < -0.3 is 18.9 Å². The first-order chi connectivity index (χ1) is 21.6. The number of fused-ring (bicyclic) bond motifs is 4. The summed E-state index contributed by atoms with van der Waals surface area (Å²) >= 11 is 2.78. The number of ether oxygens (including phenoxy) is 2. The maximum Gasteiger partial charge on any atom is 0.271 e. The van der Waals surface area contributed by atoms with Crippen LogP contribution in [0.25, 0.3) is 22.8 Å². The third-order valence-corrected chi connectivity index (χ3v) is 9.83. The first kappa shape index (κ1) is 26.8. The van der Waals surface area contributed by atoms with E-state index < -0.39 is 0 Å². The van der Waals surface area contributed by atoms with Gasteiger partial charge in [-0.05, 0) is 77.7 Å². The summed E-state index contributed by atoms with van der Waals surface area (Å²) < 4.78 is 19.6. The van der Waals surface area contributed by atoms with E-state index in [1.165, 1.54) is 28.7 Å². The van der Waals surface area contributed by atoms with Crippen LogP contribution >= 0.6 is 23.1 Å². The molecule has 0 unspecified atom stereocenters. The fourth-order valence-electron chi connectivity index (χ4n) is 6.01. The van der Waals surface area contributed by atoms with Gasteiger partial charge in [0.15, 0.2) is 26.5 Å². The Labute approximate surface area is 260 Å². The van der Waals surface area contributed by atoms with Gasteiger partial charge in [0.1, 0.15) is 5.76 Å². The minimum absolute atomic E-state index is 0.109. The second kappa shape index (κ2) is 10.7. The predicted molar refractivity (Wildman–Crippen MR) is 171 cm³/mol. The molecule has 1 N–H and O–H groups in total. The number of nitrogens with one attached hydrogen (secondary N) is 1. The van der Waals surface area contributed by atoms with Crippen LogP contribution in [0.5, 0.6) is 11.5 Å². The van der Waals surface area contributed by atoms with Crippen molar-refractivity contribution in [2.24, 2.45) is 4.99 Å². The molecule has 0 saturated carbocycles. The highest BCUT2D eigenvalue weighted by Crippen LogP contribution is 2.42. The molecular formula is C34H26N4O4S2. The molecular weight excluding hydrogens is 593 g/mol. The molecule has 218 valence electrons. The van der Waals surface area contributed by atoms with Gasteiger partial charge in [0.2, 0.25) is 0 Å². The number of aromatic amines is 1. The van der Waals surface area contributed by atoms with E-state index in [-0.39, 0.29) is 11.6 Å². The van der Waals surface area contributed by atoms with Crippen molar-refractivity contribution in [1.29, 1.82) is 0 Å². The summed E-state index contributed by atoms with van der Waals surface area (Å²) in [5.41, 5.74) is 7.16. The molecule has 0 spiro atoms. The fourth-order valence-corrected chi connectivity index (χ4v) is 7.76. The van der Waals surface area contributed by atoms with Crippen molar-refractivity contribution in [2.45, 2.75) is 29.1 Å². The van der Waals surface area contributed by atoms with Crippen LogP contribution < -0.4 is 24.4 Å². The average molecular weight is 619 g/mol. The Morgan fingerprint density at radius 2 is 1.84 bits per heavy atom. The number of imidazole rings is 1. The second-order valence-corrected chi connectivity index (χ2v) is 12.5. The molecule has 2 aliphatic rings. The first-order valence-corrected chi connectivity index (χ1v) is 15.8. The number of benzene rings is 3. The number of furan rings is 1. The first-order valence-electron chi connectivity index (χ1n) is 14.2. The van der Waals surface area contributed by atoms with Crippen molar-refractivity contribution in [3.63, 3.8) is 0 Å². The van der Waals surface area contributed by atoms with Crippen molar-refractivity contribution in [3.8, 4) is 11.5 Å². The Bertz CT molecular complexity index is 2260. The van der Waals surface area contributed by atoms with Crippen molar-refractivity contribution >= 4 is 45.9 Å². The number of para-hydroxylation sites is 2. The Hall–Kier alpha value is -4.80. The summed E-state index contributed by atoms with van der Waals surface area (Å²) in [6.45, 7) is 0. The molecule has 3 aromatic heterocycles. The van der Waals surface area contributed by atoms with Crippen molar-refractivity contribution in [3.05, 3.63) is 127 Å². The third-order valence-electron chi connectivity index (χ3n) is 8.04. The average Bonchev–Trinajstić information content (AvgIpc) is 3.76. The van der Waals surface area contributed by atoms with Crippen LogP contribution in [0, 0.1) is 0 Å². The molecule has 6 aromatic rings. The highest BCUT2D eigenvalue weighted by atomic mass is 32.2. The minimum Gasteiger partial charge on any atom is -0.493 e. The van der Waals surface area contributed by atoms with E-state index in [0.717, 1.165) is 51.4 Å². The van der Waals surface area contributed by atoms with Crippen LogP contribution in [0.3, 0.4) is 0 Å². The van der Waals surface area contributed by atoms with E-state index in [4.69, 9.17) is 18.9 Å². The smallest absolute Gasteiger partial charge is 0.271 e. The van der Waals surface area contributed by atoms with Crippen molar-refractivity contribution < 1.29 is 13.9 Å². The van der Waals surface area contributed by atoms with E-state index in [1.54, 1.807) is 20.3 Å². The van der Waals surface area contributed by atoms with Gasteiger partial charge in [-0.1, -0.05) is 53.8 Å². The summed E-state index contributed by atoms with van der Waals surface area (Å²) in [7, 11) is 3.24. The molecule has 0 radical (unpaired) electrons. The lowest BCUT2D eigenvalue weighted by atomic mass is 9.83. The molecule has 44 heavy (non-hydrogen) atoms. The summed E-state index contributed by atoms with van der Waals surface area (Å²) in [5, 5.41) is 1.42. The molecule has 8 nitrogen and oxygen atoms in total. The van der Waals surface area contributed by atoms with E-state index in [9.17, 15) is 4.79 Å². The van der Waals surface area contributed by atoms with E-state index >= 15 is 0 Å². The maximum atomic E-state index is 14.1. The molecule has 1 aliphatic carbocycles. The van der Waals surface area contributed by atoms with Crippen molar-refractivity contribution in [2.75, 3.05) is 14.2 Å². The molecule has 1 aliphatic heterocycles. The predicted octanol–water partition coefficient (Wildman–Crippen LogP) is 5.96. The number of allylic oxidation sites excluding steroid dienone is 1. The second-order valence-electron chi connectivity index (χ2n) is 10.5. The summed E-state index contributed by atoms with van der Waals surface area (Å²) in [6.07, 6.45) is 3.49. The van der Waals surface area contributed by atoms with Gasteiger partial charge in [0, 0.05) is 11.6 Å². The highest BCUT2D eigenvalue weighted by Gasteiger charge is 2.33. The quantitative estimate of drug-likeness (QED) is 0.248. The maximum absolute atomic E-state index is 14.1. The Morgan fingerprint density at radius 3 is 2.70 bits per heavy atom. The highest BCUT2D eigenvalue weighted by molar-refractivity contribution is 7.99. The van der Waals surface area contributed by atoms with Crippen LogP contribution in [0.1, 0.15) is 34.9 Å². The number of nitrogens with zero attached hydrogens (tertiary/aromatic N) is 3. The molecule has 1 atom stereocenters. The lowest BCUT2D eigenvalue weighted by molar-refractivity contribution is 0.354. The summed E-state index contributed by atoms with van der Waals surface area (Å²) in [4.78, 5) is 27.8. The number of aryl methyl sites for hydroxylation is 1. The normalized spacial score (nSPS) is 16.0. The zero-order valence-corrected chi connectivity index (χ0v) is 25.5. The number of rotatable bonds is 6. The third kappa shape index (κ3) is 4.49. The van der Waals surface area contributed by atoms with Crippen molar-refractivity contribution in [1.82, 2.24) is 14.5 Å². The number of thiazole rings is 1. The summed E-state index contributed by atoms with van der Waals surface area (Å²) in [6, 6.07) is 25.6. The molecule has 0 fully saturated rings. The van der Waals surface area contributed by atoms with Crippen LogP contribution in [0.4, 0.5) is 0 Å². The van der Waals surface area contributed by atoms with Gasteiger partial charge in [-0.25, -0.2) is 9.98 Å². The van der Waals surface area contributed by atoms with Gasteiger partial charge >= 0.3 is 0 Å². The molecule has 0 bridgehead atoms. The number of H-pyrrole nitrogens is 1. The standard InChI is InChI=1S/C34H26N4O4S2/c1-40-26-15-12-20(17-27(26)41-2)31-23-14-11-19-7-3-4-8-22(19)30(23)37-34-38(31)32(39)28(43-34)18-21-13-16-29(42-21)44-33-35-24-9-5-6-10-25(24)36-33/h3-10,12-13,15-18,31H,11,14H2,1-2H3,(H,35,36)/t31-/m1/s1. The lowest BCUT2D eigenvalue weighted by Crippen LogP contribution is -2.38. The van der Waals surface area contributed by atoms with Gasteiger partial charge in [-0.15, -0.1) is 0 Å². The molecule has 10 heteroatoms. The van der Waals surface area contributed by atoms with E-state index in [2.05, 4.69) is 28.2 Å². The van der Waals surface area contributed by atoms with E-state index in [1.807, 2.05) is 65.2 Å². The Kier molecular flexibility index (Phi) is 6.53. The number of hydrogen-bond acceptors (Lipinski definition) is 8. The Morgan fingerprint density at radius 1 is 1.00 bits per heavy atom. The number of aromatic nitrogens is 3. The Balaban J connectivity index is 1.23. The van der Waals surface area contributed by atoms with Gasteiger partial charge in [0.05, 0.1) is 41.5 Å². The molecule has 3 aromatic carbocycles.